The first-order chi connectivity index (χ1) is 8.61. The average molecular weight is 248 g/mol. The fraction of sp³-hybridized carbons (Fsp3) is 0.167. The van der Waals surface area contributed by atoms with Crippen LogP contribution in [0.1, 0.15) is 11.1 Å². The monoisotopic (exact) mass is 248 g/mol. The van der Waals surface area contributed by atoms with Gasteiger partial charge in [0.05, 0.1) is 12.7 Å². The van der Waals surface area contributed by atoms with Crippen LogP contribution in [0.4, 0.5) is 0 Å². The SMILES string of the molecule is COc1ccccc1Cc1c(O)[nH]c(=O)[nH]c1=O. The van der Waals surface area contributed by atoms with E-state index >= 15 is 0 Å². The molecule has 6 nitrogen and oxygen atoms in total. The molecule has 0 aliphatic carbocycles. The van der Waals surface area contributed by atoms with E-state index in [0.29, 0.717) is 5.75 Å². The summed E-state index contributed by atoms with van der Waals surface area (Å²) in [6.07, 6.45) is 0.169. The summed E-state index contributed by atoms with van der Waals surface area (Å²) < 4.78 is 5.16. The molecule has 1 heterocycles. The van der Waals surface area contributed by atoms with Crippen LogP contribution in [0.25, 0.3) is 0 Å². The number of aromatic hydroxyl groups is 1. The lowest BCUT2D eigenvalue weighted by Crippen LogP contribution is -2.25. The van der Waals surface area contributed by atoms with Crippen molar-refractivity contribution in [3.8, 4) is 11.6 Å². The number of para-hydroxylation sites is 1. The van der Waals surface area contributed by atoms with Gasteiger partial charge in [-0.15, -0.1) is 0 Å². The van der Waals surface area contributed by atoms with E-state index in [1.54, 1.807) is 24.3 Å². The van der Waals surface area contributed by atoms with Crippen LogP contribution in [0.3, 0.4) is 0 Å². The maximum atomic E-state index is 11.6. The molecule has 0 aliphatic heterocycles. The van der Waals surface area contributed by atoms with Crippen LogP contribution in [0.5, 0.6) is 11.6 Å². The number of H-pyrrole nitrogens is 2. The van der Waals surface area contributed by atoms with Crippen LogP contribution in [0, 0.1) is 0 Å². The number of rotatable bonds is 3. The van der Waals surface area contributed by atoms with Crippen LogP contribution in [0.2, 0.25) is 0 Å². The topological polar surface area (TPSA) is 95.2 Å². The lowest BCUT2D eigenvalue weighted by molar-refractivity contribution is 0.409. The number of benzene rings is 1. The van der Waals surface area contributed by atoms with Crippen molar-refractivity contribution in [1.82, 2.24) is 9.97 Å². The van der Waals surface area contributed by atoms with E-state index in [9.17, 15) is 14.7 Å². The van der Waals surface area contributed by atoms with Crippen molar-refractivity contribution in [2.75, 3.05) is 7.11 Å². The minimum absolute atomic E-state index is 0.0964. The molecule has 0 spiro atoms. The summed E-state index contributed by atoms with van der Waals surface area (Å²) in [6, 6.07) is 7.14. The smallest absolute Gasteiger partial charge is 0.328 e. The molecule has 0 unspecified atom stereocenters. The second-order valence-electron chi connectivity index (χ2n) is 3.72. The molecular weight excluding hydrogens is 236 g/mol. The van der Waals surface area contributed by atoms with Gasteiger partial charge < -0.3 is 9.84 Å². The van der Waals surface area contributed by atoms with E-state index in [4.69, 9.17) is 4.74 Å². The molecule has 94 valence electrons. The third-order valence-corrected chi connectivity index (χ3v) is 2.58. The van der Waals surface area contributed by atoms with Crippen molar-refractivity contribution < 1.29 is 9.84 Å². The van der Waals surface area contributed by atoms with Crippen molar-refractivity contribution in [2.45, 2.75) is 6.42 Å². The molecule has 0 saturated carbocycles. The molecule has 0 fully saturated rings. The molecule has 6 heteroatoms. The largest absolute Gasteiger partial charge is 0.496 e. The van der Waals surface area contributed by atoms with E-state index < -0.39 is 17.1 Å². The number of nitrogens with one attached hydrogen (secondary N) is 2. The maximum absolute atomic E-state index is 11.6. The van der Waals surface area contributed by atoms with E-state index in [0.717, 1.165) is 5.56 Å². The number of methoxy groups -OCH3 is 1. The summed E-state index contributed by atoms with van der Waals surface area (Å²) in [5, 5.41) is 9.58. The van der Waals surface area contributed by atoms with Gasteiger partial charge in [-0.2, -0.15) is 0 Å². The molecule has 0 aliphatic rings. The fourth-order valence-corrected chi connectivity index (χ4v) is 1.70. The quantitative estimate of drug-likeness (QED) is 0.731. The number of aromatic amines is 2. The molecule has 0 atom stereocenters. The Morgan fingerprint density at radius 1 is 1.22 bits per heavy atom. The Balaban J connectivity index is 2.47. The van der Waals surface area contributed by atoms with Crippen LogP contribution >= 0.6 is 0 Å². The van der Waals surface area contributed by atoms with Crippen molar-refractivity contribution >= 4 is 0 Å². The highest BCUT2D eigenvalue weighted by Crippen LogP contribution is 2.21. The predicted molar refractivity (Wildman–Crippen MR) is 65.1 cm³/mol. The summed E-state index contributed by atoms with van der Waals surface area (Å²) in [5.41, 5.74) is -0.504. The van der Waals surface area contributed by atoms with E-state index in [1.807, 2.05) is 0 Å². The Morgan fingerprint density at radius 2 is 1.94 bits per heavy atom. The number of ether oxygens (including phenoxy) is 1. The van der Waals surface area contributed by atoms with Gasteiger partial charge in [0.2, 0.25) is 5.88 Å². The number of hydrogen-bond donors (Lipinski definition) is 3. The first kappa shape index (κ1) is 12.0. The molecule has 2 rings (SSSR count). The van der Waals surface area contributed by atoms with E-state index in [2.05, 4.69) is 9.97 Å². The summed E-state index contributed by atoms with van der Waals surface area (Å²) in [6.45, 7) is 0. The normalized spacial score (nSPS) is 10.3. The predicted octanol–water partition coefficient (Wildman–Crippen LogP) is 0.368. The minimum Gasteiger partial charge on any atom is -0.496 e. The first-order valence-electron chi connectivity index (χ1n) is 5.28. The Bertz CT molecular complexity index is 672. The highest BCUT2D eigenvalue weighted by Gasteiger charge is 2.11. The van der Waals surface area contributed by atoms with E-state index in [-0.39, 0.29) is 12.0 Å². The second-order valence-corrected chi connectivity index (χ2v) is 3.72. The molecule has 1 aromatic carbocycles. The van der Waals surface area contributed by atoms with Gasteiger partial charge in [-0.25, -0.2) is 4.79 Å². The zero-order chi connectivity index (χ0) is 13.1. The Morgan fingerprint density at radius 3 is 2.61 bits per heavy atom. The second kappa shape index (κ2) is 4.79. The third-order valence-electron chi connectivity index (χ3n) is 2.58. The van der Waals surface area contributed by atoms with Gasteiger partial charge in [0.15, 0.2) is 0 Å². The zero-order valence-electron chi connectivity index (χ0n) is 9.69. The summed E-state index contributed by atoms with van der Waals surface area (Å²) in [4.78, 5) is 26.7. The molecule has 3 N–H and O–H groups in total. The zero-order valence-corrected chi connectivity index (χ0v) is 9.69. The molecule has 0 radical (unpaired) electrons. The minimum atomic E-state index is -0.735. The molecule has 0 amide bonds. The maximum Gasteiger partial charge on any atom is 0.328 e. The molecular formula is C12H12N2O4. The standard InChI is InChI=1S/C12H12N2O4/c1-18-9-5-3-2-4-7(9)6-8-10(15)13-12(17)14-11(8)16/h2-5H,6H2,1H3,(H3,13,14,15,16,17). The summed E-state index contributed by atoms with van der Waals surface area (Å²) in [7, 11) is 1.52. The van der Waals surface area contributed by atoms with E-state index in [1.165, 1.54) is 7.11 Å². The molecule has 18 heavy (non-hydrogen) atoms. The number of aromatic nitrogens is 2. The van der Waals surface area contributed by atoms with Gasteiger partial charge in [0, 0.05) is 6.42 Å². The average Bonchev–Trinajstić information content (AvgIpc) is 2.34. The fourth-order valence-electron chi connectivity index (χ4n) is 1.70. The Hall–Kier alpha value is -2.50. The highest BCUT2D eigenvalue weighted by atomic mass is 16.5. The van der Waals surface area contributed by atoms with Gasteiger partial charge in [-0.1, -0.05) is 18.2 Å². The van der Waals surface area contributed by atoms with Gasteiger partial charge in [0.25, 0.3) is 5.56 Å². The van der Waals surface area contributed by atoms with Gasteiger partial charge >= 0.3 is 5.69 Å². The van der Waals surface area contributed by atoms with Gasteiger partial charge in [-0.3, -0.25) is 14.8 Å². The van der Waals surface area contributed by atoms with Crippen molar-refractivity contribution in [2.24, 2.45) is 0 Å². The Labute approximate surface area is 102 Å². The molecule has 0 saturated heterocycles. The van der Waals surface area contributed by atoms with Gasteiger partial charge in [-0.05, 0) is 11.6 Å². The van der Waals surface area contributed by atoms with Crippen LogP contribution < -0.4 is 16.0 Å². The Kier molecular flexibility index (Phi) is 3.18. The highest BCUT2D eigenvalue weighted by molar-refractivity contribution is 5.38. The van der Waals surface area contributed by atoms with Crippen LogP contribution in [-0.2, 0) is 6.42 Å². The lowest BCUT2D eigenvalue weighted by Gasteiger charge is -2.08. The molecule has 2 aromatic rings. The first-order valence-corrected chi connectivity index (χ1v) is 5.28. The molecule has 0 bridgehead atoms. The van der Waals surface area contributed by atoms with Crippen molar-refractivity contribution in [3.63, 3.8) is 0 Å². The molecule has 1 aromatic heterocycles. The third kappa shape index (κ3) is 2.27. The van der Waals surface area contributed by atoms with Crippen molar-refractivity contribution in [3.05, 3.63) is 56.2 Å². The van der Waals surface area contributed by atoms with Crippen LogP contribution in [-0.4, -0.2) is 22.2 Å². The summed E-state index contributed by atoms with van der Waals surface area (Å²) in [5.74, 6) is 0.192. The lowest BCUT2D eigenvalue weighted by atomic mass is 10.1. The summed E-state index contributed by atoms with van der Waals surface area (Å²) >= 11 is 0. The number of hydrogen-bond acceptors (Lipinski definition) is 4. The van der Waals surface area contributed by atoms with Crippen LogP contribution in [0.15, 0.2) is 33.9 Å². The van der Waals surface area contributed by atoms with Gasteiger partial charge in [0.1, 0.15) is 5.75 Å². The van der Waals surface area contributed by atoms with Crippen molar-refractivity contribution in [1.29, 1.82) is 0 Å².